The minimum atomic E-state index is -0.276. The first-order chi connectivity index (χ1) is 7.72. The van der Waals surface area contributed by atoms with Crippen LogP contribution in [0.15, 0.2) is 36.5 Å². The van der Waals surface area contributed by atoms with E-state index in [1.807, 2.05) is 37.3 Å². The molecule has 0 aliphatic carbocycles. The molecule has 0 amide bonds. The maximum Gasteiger partial charge on any atom is 0.312 e. The van der Waals surface area contributed by atoms with E-state index in [1.54, 1.807) is 6.20 Å². The Morgan fingerprint density at radius 3 is 2.88 bits per heavy atom. The second-order valence-electron chi connectivity index (χ2n) is 3.71. The lowest BCUT2D eigenvalue weighted by Crippen LogP contribution is -2.10. The van der Waals surface area contributed by atoms with Crippen molar-refractivity contribution < 1.29 is 9.53 Å². The van der Waals surface area contributed by atoms with Crippen LogP contribution in [0.1, 0.15) is 18.4 Å². The van der Waals surface area contributed by atoms with Crippen LogP contribution in [-0.4, -0.2) is 18.1 Å². The van der Waals surface area contributed by atoms with Gasteiger partial charge in [-0.1, -0.05) is 18.2 Å². The van der Waals surface area contributed by atoms with Gasteiger partial charge in [0.15, 0.2) is 0 Å². The summed E-state index contributed by atoms with van der Waals surface area (Å²) in [5.41, 5.74) is 1.81. The van der Waals surface area contributed by atoms with E-state index >= 15 is 0 Å². The van der Waals surface area contributed by atoms with E-state index in [0.717, 1.165) is 16.5 Å². The van der Waals surface area contributed by atoms with Gasteiger partial charge in [-0.05, 0) is 24.6 Å². The normalized spacial score (nSPS) is 12.4. The van der Waals surface area contributed by atoms with Crippen LogP contribution in [0.25, 0.3) is 10.9 Å². The number of pyridine rings is 1. The van der Waals surface area contributed by atoms with Crippen molar-refractivity contribution in [3.8, 4) is 0 Å². The van der Waals surface area contributed by atoms with Crippen LogP contribution in [0.2, 0.25) is 0 Å². The third-order valence-electron chi connectivity index (χ3n) is 2.67. The number of hydrogen-bond acceptors (Lipinski definition) is 3. The van der Waals surface area contributed by atoms with E-state index in [-0.39, 0.29) is 11.9 Å². The molecule has 0 aliphatic heterocycles. The number of fused-ring (bicyclic) bond motifs is 1. The summed E-state index contributed by atoms with van der Waals surface area (Å²) >= 11 is 0. The molecule has 0 N–H and O–H groups in total. The highest BCUT2D eigenvalue weighted by Crippen LogP contribution is 2.20. The number of benzene rings is 1. The van der Waals surface area contributed by atoms with Crippen LogP contribution in [0.4, 0.5) is 0 Å². The number of hydrogen-bond donors (Lipinski definition) is 0. The lowest BCUT2D eigenvalue weighted by molar-refractivity contribution is -0.141. The fraction of sp³-hybridized carbons (Fsp3) is 0.231. The summed E-state index contributed by atoms with van der Waals surface area (Å²) in [5, 5.41) is 1.04. The summed E-state index contributed by atoms with van der Waals surface area (Å²) in [6.07, 6.45) is 1.73. The Labute approximate surface area is 94.1 Å². The third kappa shape index (κ3) is 1.89. The zero-order valence-corrected chi connectivity index (χ0v) is 9.31. The largest absolute Gasteiger partial charge is 0.469 e. The molecule has 1 atom stereocenters. The Balaban J connectivity index is 2.43. The first-order valence-electron chi connectivity index (χ1n) is 5.15. The van der Waals surface area contributed by atoms with E-state index in [9.17, 15) is 4.79 Å². The Morgan fingerprint density at radius 1 is 1.38 bits per heavy atom. The number of aromatic nitrogens is 1. The Morgan fingerprint density at radius 2 is 2.12 bits per heavy atom. The molecule has 1 heterocycles. The minimum absolute atomic E-state index is 0.239. The van der Waals surface area contributed by atoms with Gasteiger partial charge in [-0.3, -0.25) is 9.78 Å². The predicted octanol–water partition coefficient (Wildman–Crippen LogP) is 2.51. The fourth-order valence-electron chi connectivity index (χ4n) is 1.64. The summed E-state index contributed by atoms with van der Waals surface area (Å²) in [7, 11) is 1.40. The molecule has 1 aromatic carbocycles. The number of para-hydroxylation sites is 1. The lowest BCUT2D eigenvalue weighted by Gasteiger charge is -2.09. The molecule has 82 valence electrons. The number of carbonyl (C=O) groups is 1. The molecule has 0 bridgehead atoms. The van der Waals surface area contributed by atoms with Crippen molar-refractivity contribution in [1.82, 2.24) is 4.98 Å². The van der Waals surface area contributed by atoms with Gasteiger partial charge in [-0.15, -0.1) is 0 Å². The smallest absolute Gasteiger partial charge is 0.312 e. The number of rotatable bonds is 2. The summed E-state index contributed by atoms with van der Waals surface area (Å²) in [4.78, 5) is 15.7. The van der Waals surface area contributed by atoms with Gasteiger partial charge in [-0.25, -0.2) is 0 Å². The van der Waals surface area contributed by atoms with Crippen LogP contribution < -0.4 is 0 Å². The Kier molecular flexibility index (Phi) is 2.86. The molecular formula is C13H13NO2. The van der Waals surface area contributed by atoms with Gasteiger partial charge in [0.2, 0.25) is 0 Å². The molecule has 0 saturated carbocycles. The van der Waals surface area contributed by atoms with Gasteiger partial charge < -0.3 is 4.74 Å². The van der Waals surface area contributed by atoms with Crippen LogP contribution >= 0.6 is 0 Å². The van der Waals surface area contributed by atoms with Gasteiger partial charge in [0.05, 0.1) is 18.5 Å². The topological polar surface area (TPSA) is 39.2 Å². The van der Waals surface area contributed by atoms with Gasteiger partial charge in [0, 0.05) is 11.6 Å². The number of methoxy groups -OCH3 is 1. The number of carbonyl (C=O) groups excluding carboxylic acids is 1. The maximum absolute atomic E-state index is 11.4. The number of esters is 1. The van der Waals surface area contributed by atoms with Gasteiger partial charge in [0.1, 0.15) is 0 Å². The molecule has 16 heavy (non-hydrogen) atoms. The highest BCUT2D eigenvalue weighted by molar-refractivity contribution is 5.82. The zero-order valence-electron chi connectivity index (χ0n) is 9.31. The first kappa shape index (κ1) is 10.6. The average Bonchev–Trinajstić information content (AvgIpc) is 2.36. The predicted molar refractivity (Wildman–Crippen MR) is 62.2 cm³/mol. The molecule has 2 rings (SSSR count). The summed E-state index contributed by atoms with van der Waals surface area (Å²) in [6.45, 7) is 1.82. The second-order valence-corrected chi connectivity index (χ2v) is 3.71. The van der Waals surface area contributed by atoms with Crippen LogP contribution in [-0.2, 0) is 9.53 Å². The van der Waals surface area contributed by atoms with Crippen molar-refractivity contribution in [3.63, 3.8) is 0 Å². The molecule has 1 unspecified atom stereocenters. The van der Waals surface area contributed by atoms with E-state index < -0.39 is 0 Å². The molecule has 0 radical (unpaired) electrons. The van der Waals surface area contributed by atoms with E-state index in [2.05, 4.69) is 4.98 Å². The van der Waals surface area contributed by atoms with Crippen molar-refractivity contribution in [2.75, 3.05) is 7.11 Å². The zero-order chi connectivity index (χ0) is 11.5. The summed E-state index contributed by atoms with van der Waals surface area (Å²) in [6, 6.07) is 9.80. The number of nitrogens with zero attached hydrogens (tertiary/aromatic N) is 1. The molecule has 0 saturated heterocycles. The van der Waals surface area contributed by atoms with E-state index in [4.69, 9.17) is 4.74 Å². The second kappa shape index (κ2) is 4.31. The summed E-state index contributed by atoms with van der Waals surface area (Å²) < 4.78 is 4.71. The van der Waals surface area contributed by atoms with Crippen LogP contribution in [0, 0.1) is 0 Å². The number of ether oxygens (including phenoxy) is 1. The SMILES string of the molecule is COC(=O)C(C)c1cnc2ccccc2c1. The van der Waals surface area contributed by atoms with Crippen LogP contribution in [0.5, 0.6) is 0 Å². The highest BCUT2D eigenvalue weighted by atomic mass is 16.5. The molecule has 3 heteroatoms. The summed E-state index contributed by atoms with van der Waals surface area (Å²) in [5.74, 6) is -0.515. The van der Waals surface area contributed by atoms with Crippen molar-refractivity contribution in [1.29, 1.82) is 0 Å². The van der Waals surface area contributed by atoms with Crippen molar-refractivity contribution in [2.45, 2.75) is 12.8 Å². The van der Waals surface area contributed by atoms with Crippen molar-refractivity contribution >= 4 is 16.9 Å². The van der Waals surface area contributed by atoms with Crippen molar-refractivity contribution in [3.05, 3.63) is 42.1 Å². The molecule has 0 aliphatic rings. The lowest BCUT2D eigenvalue weighted by atomic mass is 10.0. The van der Waals surface area contributed by atoms with E-state index in [1.165, 1.54) is 7.11 Å². The fourth-order valence-corrected chi connectivity index (χ4v) is 1.64. The highest BCUT2D eigenvalue weighted by Gasteiger charge is 2.15. The third-order valence-corrected chi connectivity index (χ3v) is 2.67. The molecule has 3 nitrogen and oxygen atoms in total. The molecule has 0 fully saturated rings. The maximum atomic E-state index is 11.4. The standard InChI is InChI=1S/C13H13NO2/c1-9(13(15)16-2)11-7-10-5-3-4-6-12(10)14-8-11/h3-9H,1-2H3. The molecule has 1 aromatic heterocycles. The minimum Gasteiger partial charge on any atom is -0.469 e. The van der Waals surface area contributed by atoms with Gasteiger partial charge >= 0.3 is 5.97 Å². The monoisotopic (exact) mass is 215 g/mol. The van der Waals surface area contributed by atoms with E-state index in [0.29, 0.717) is 0 Å². The van der Waals surface area contributed by atoms with Gasteiger partial charge in [0.25, 0.3) is 0 Å². The first-order valence-corrected chi connectivity index (χ1v) is 5.15. The quantitative estimate of drug-likeness (QED) is 0.722. The van der Waals surface area contributed by atoms with Gasteiger partial charge in [-0.2, -0.15) is 0 Å². The Hall–Kier alpha value is -1.90. The Bertz CT molecular complexity index is 522. The average molecular weight is 215 g/mol. The molecule has 0 spiro atoms. The molecule has 2 aromatic rings. The molecular weight excluding hydrogens is 202 g/mol. The van der Waals surface area contributed by atoms with Crippen molar-refractivity contribution in [2.24, 2.45) is 0 Å². The van der Waals surface area contributed by atoms with Crippen LogP contribution in [0.3, 0.4) is 0 Å².